The van der Waals surface area contributed by atoms with Crippen molar-refractivity contribution in [1.82, 2.24) is 9.78 Å². The molecule has 3 heterocycles. The molecule has 4 rings (SSSR count). The van der Waals surface area contributed by atoms with Crippen LogP contribution >= 0.6 is 0 Å². The van der Waals surface area contributed by atoms with Crippen LogP contribution in [0.3, 0.4) is 0 Å². The first-order chi connectivity index (χ1) is 12.6. The molecule has 1 aromatic heterocycles. The highest BCUT2D eigenvalue weighted by Gasteiger charge is 2.51. The summed E-state index contributed by atoms with van der Waals surface area (Å²) in [6, 6.07) is 6.22. The molecule has 2 aromatic rings. The third kappa shape index (κ3) is 2.70. The van der Waals surface area contributed by atoms with Crippen LogP contribution in [-0.4, -0.2) is 35.4 Å². The van der Waals surface area contributed by atoms with E-state index in [2.05, 4.69) is 23.1 Å². The Morgan fingerprint density at radius 2 is 2.19 bits per heavy atom. The summed E-state index contributed by atoms with van der Waals surface area (Å²) in [4.78, 5) is 15.1. The Labute approximate surface area is 153 Å². The molecule has 1 N–H and O–H groups in total. The Morgan fingerprint density at radius 1 is 1.38 bits per heavy atom. The molecular weight excluding hydrogens is 328 g/mol. The van der Waals surface area contributed by atoms with Crippen LogP contribution in [0.25, 0.3) is 0 Å². The monoisotopic (exact) mass is 352 g/mol. The van der Waals surface area contributed by atoms with Crippen LogP contribution in [0.4, 0.5) is 11.4 Å². The summed E-state index contributed by atoms with van der Waals surface area (Å²) < 4.78 is 7.33. The molecule has 1 fully saturated rings. The number of nitrogens with zero attached hydrogens (tertiary/aromatic N) is 3. The van der Waals surface area contributed by atoms with E-state index in [9.17, 15) is 4.79 Å². The summed E-state index contributed by atoms with van der Waals surface area (Å²) in [7, 11) is 1.91. The van der Waals surface area contributed by atoms with E-state index in [4.69, 9.17) is 4.74 Å². The lowest BCUT2D eigenvalue weighted by Gasteiger charge is -2.32. The number of carbonyl (C=O) groups excluding carboxylic acids is 1. The lowest BCUT2D eigenvalue weighted by molar-refractivity contribution is -0.126. The fourth-order valence-electron chi connectivity index (χ4n) is 4.03. The van der Waals surface area contributed by atoms with Gasteiger partial charge in [-0.15, -0.1) is 6.58 Å². The van der Waals surface area contributed by atoms with Crippen molar-refractivity contribution >= 4 is 17.3 Å². The number of fused-ring (bicyclic) bond motifs is 2. The minimum absolute atomic E-state index is 0.181. The molecule has 6 heteroatoms. The molecule has 1 amide bonds. The van der Waals surface area contributed by atoms with E-state index < -0.39 is 5.41 Å². The summed E-state index contributed by atoms with van der Waals surface area (Å²) in [5.41, 5.74) is 3.81. The lowest BCUT2D eigenvalue weighted by atomic mass is 9.75. The number of anilines is 2. The Balaban J connectivity index is 1.65. The first kappa shape index (κ1) is 16.8. The fourth-order valence-corrected chi connectivity index (χ4v) is 4.03. The standard InChI is InChI=1S/C20H24N4O2/c1-3-8-24-18-5-4-16(21-12-15-13-22-23(2)14-15)11-17(18)20(19(24)25)6-9-26-10-7-20/h3-5,11,13-14,21H,1,6-10,12H2,2H3. The third-order valence-electron chi connectivity index (χ3n) is 5.37. The average Bonchev–Trinajstić information content (AvgIpc) is 3.17. The summed E-state index contributed by atoms with van der Waals surface area (Å²) >= 11 is 0. The number of hydrogen-bond donors (Lipinski definition) is 1. The SMILES string of the molecule is C=CCN1C(=O)C2(CCOCC2)c2cc(NCc3cnn(C)c3)ccc21. The van der Waals surface area contributed by atoms with E-state index >= 15 is 0 Å². The molecule has 0 radical (unpaired) electrons. The molecule has 1 spiro atoms. The minimum Gasteiger partial charge on any atom is -0.381 e. The molecule has 2 aliphatic heterocycles. The number of ether oxygens (including phenoxy) is 1. The summed E-state index contributed by atoms with van der Waals surface area (Å²) in [6.07, 6.45) is 7.11. The Kier molecular flexibility index (Phi) is 4.28. The maximum absolute atomic E-state index is 13.2. The molecule has 26 heavy (non-hydrogen) atoms. The van der Waals surface area contributed by atoms with Gasteiger partial charge in [0, 0.05) is 56.5 Å². The van der Waals surface area contributed by atoms with E-state index in [-0.39, 0.29) is 5.91 Å². The molecule has 136 valence electrons. The van der Waals surface area contributed by atoms with E-state index in [1.54, 1.807) is 10.8 Å². The normalized spacial score (nSPS) is 18.2. The van der Waals surface area contributed by atoms with Crippen molar-refractivity contribution < 1.29 is 9.53 Å². The highest BCUT2D eigenvalue weighted by molar-refractivity contribution is 6.08. The number of benzene rings is 1. The van der Waals surface area contributed by atoms with Gasteiger partial charge in [0.25, 0.3) is 0 Å². The zero-order valence-corrected chi connectivity index (χ0v) is 15.1. The van der Waals surface area contributed by atoms with E-state index in [0.717, 1.165) is 35.3 Å². The van der Waals surface area contributed by atoms with Crippen molar-refractivity contribution in [3.05, 3.63) is 54.4 Å². The van der Waals surface area contributed by atoms with Crippen LogP contribution in [0.2, 0.25) is 0 Å². The predicted molar refractivity (Wildman–Crippen MR) is 101 cm³/mol. The first-order valence-corrected chi connectivity index (χ1v) is 9.00. The number of rotatable bonds is 5. The molecule has 2 aliphatic rings. The Bertz CT molecular complexity index is 836. The van der Waals surface area contributed by atoms with E-state index in [1.165, 1.54) is 0 Å². The van der Waals surface area contributed by atoms with Crippen LogP contribution < -0.4 is 10.2 Å². The number of aromatic nitrogens is 2. The summed E-state index contributed by atoms with van der Waals surface area (Å²) in [6.45, 7) is 6.30. The average molecular weight is 352 g/mol. The van der Waals surface area contributed by atoms with Crippen LogP contribution in [0.15, 0.2) is 43.2 Å². The van der Waals surface area contributed by atoms with Gasteiger partial charge in [-0.25, -0.2) is 0 Å². The quantitative estimate of drug-likeness (QED) is 0.841. The van der Waals surface area contributed by atoms with Crippen LogP contribution in [0.1, 0.15) is 24.0 Å². The maximum atomic E-state index is 13.2. The van der Waals surface area contributed by atoms with E-state index in [1.807, 2.05) is 36.5 Å². The van der Waals surface area contributed by atoms with Gasteiger partial charge < -0.3 is 15.0 Å². The molecule has 0 saturated carbocycles. The summed E-state index contributed by atoms with van der Waals surface area (Å²) in [5.74, 6) is 0.181. The maximum Gasteiger partial charge on any atom is 0.238 e. The molecule has 0 atom stereocenters. The van der Waals surface area contributed by atoms with Gasteiger partial charge in [-0.2, -0.15) is 5.10 Å². The molecule has 0 aliphatic carbocycles. The van der Waals surface area contributed by atoms with Crippen molar-refractivity contribution in [3.63, 3.8) is 0 Å². The van der Waals surface area contributed by atoms with Crippen LogP contribution in [-0.2, 0) is 28.5 Å². The second kappa shape index (κ2) is 6.61. The van der Waals surface area contributed by atoms with Gasteiger partial charge in [-0.05, 0) is 36.6 Å². The topological polar surface area (TPSA) is 59.4 Å². The van der Waals surface area contributed by atoms with Crippen molar-refractivity contribution in [2.75, 3.05) is 30.0 Å². The third-order valence-corrected chi connectivity index (χ3v) is 5.37. The Morgan fingerprint density at radius 3 is 2.88 bits per heavy atom. The van der Waals surface area contributed by atoms with Gasteiger partial charge in [0.1, 0.15) is 0 Å². The van der Waals surface area contributed by atoms with Crippen molar-refractivity contribution in [3.8, 4) is 0 Å². The van der Waals surface area contributed by atoms with Crippen molar-refractivity contribution in [2.24, 2.45) is 7.05 Å². The molecule has 1 aromatic carbocycles. The van der Waals surface area contributed by atoms with Gasteiger partial charge in [0.2, 0.25) is 5.91 Å². The second-order valence-corrected chi connectivity index (χ2v) is 7.01. The molecule has 6 nitrogen and oxygen atoms in total. The van der Waals surface area contributed by atoms with Gasteiger partial charge in [-0.1, -0.05) is 6.08 Å². The number of aryl methyl sites for hydroxylation is 1. The van der Waals surface area contributed by atoms with Gasteiger partial charge in [-0.3, -0.25) is 9.48 Å². The van der Waals surface area contributed by atoms with Crippen LogP contribution in [0, 0.1) is 0 Å². The lowest BCUT2D eigenvalue weighted by Crippen LogP contribution is -2.44. The summed E-state index contributed by atoms with van der Waals surface area (Å²) in [5, 5.41) is 7.65. The first-order valence-electron chi connectivity index (χ1n) is 9.00. The minimum atomic E-state index is -0.456. The zero-order chi connectivity index (χ0) is 18.1. The van der Waals surface area contributed by atoms with Crippen molar-refractivity contribution in [1.29, 1.82) is 0 Å². The zero-order valence-electron chi connectivity index (χ0n) is 15.1. The van der Waals surface area contributed by atoms with Gasteiger partial charge in [0.15, 0.2) is 0 Å². The highest BCUT2D eigenvalue weighted by Crippen LogP contribution is 2.48. The Hall–Kier alpha value is -2.60. The van der Waals surface area contributed by atoms with E-state index in [0.29, 0.717) is 26.3 Å². The largest absolute Gasteiger partial charge is 0.381 e. The number of amides is 1. The molecule has 0 unspecified atom stereocenters. The highest BCUT2D eigenvalue weighted by atomic mass is 16.5. The molecule has 1 saturated heterocycles. The van der Waals surface area contributed by atoms with Gasteiger partial charge >= 0.3 is 0 Å². The van der Waals surface area contributed by atoms with Gasteiger partial charge in [0.05, 0.1) is 11.6 Å². The number of hydrogen-bond acceptors (Lipinski definition) is 4. The predicted octanol–water partition coefficient (Wildman–Crippen LogP) is 2.61. The van der Waals surface area contributed by atoms with Crippen molar-refractivity contribution in [2.45, 2.75) is 24.8 Å². The number of nitrogens with one attached hydrogen (secondary N) is 1. The molecule has 0 bridgehead atoms. The fraction of sp³-hybridized carbons (Fsp3) is 0.400. The van der Waals surface area contributed by atoms with Crippen LogP contribution in [0.5, 0.6) is 0 Å². The second-order valence-electron chi connectivity index (χ2n) is 7.01. The molecular formula is C20H24N4O2. The number of carbonyl (C=O) groups is 1. The smallest absolute Gasteiger partial charge is 0.238 e.